The number of ether oxygens (including phenoxy) is 1. The fourth-order valence-corrected chi connectivity index (χ4v) is 3.65. The molecule has 1 atom stereocenters. The average molecular weight is 423 g/mol. The maximum Gasteiger partial charge on any atom is 0.303 e. The minimum atomic E-state index is -0.542. The first-order chi connectivity index (χ1) is 14.3. The molecule has 1 amide bonds. The topological polar surface area (TPSA) is 55.6 Å². The highest BCUT2D eigenvalue weighted by atomic mass is 35.5. The first-order valence-electron chi connectivity index (χ1n) is 9.89. The largest absolute Gasteiger partial charge is 0.489 e. The number of oxazole rings is 1. The quantitative estimate of drug-likeness (QED) is 0.489. The normalized spacial score (nSPS) is 14.9. The van der Waals surface area contributed by atoms with Gasteiger partial charge in [0.25, 0.3) is 0 Å². The zero-order chi connectivity index (χ0) is 21.5. The molecule has 5 nitrogen and oxygen atoms in total. The van der Waals surface area contributed by atoms with Gasteiger partial charge in [0.05, 0.1) is 11.1 Å². The Morgan fingerprint density at radius 1 is 1.30 bits per heavy atom. The number of fused-ring (bicyclic) bond motifs is 1. The molecule has 1 aliphatic rings. The number of carbonyl (C=O) groups excluding carboxylic acids is 1. The monoisotopic (exact) mass is 422 g/mol. The second kappa shape index (κ2) is 7.70. The van der Waals surface area contributed by atoms with Crippen molar-refractivity contribution in [1.29, 1.82) is 0 Å². The maximum absolute atomic E-state index is 12.9. The predicted octanol–water partition coefficient (Wildman–Crippen LogP) is 5.78. The first kappa shape index (κ1) is 20.3. The Hall–Kier alpha value is -2.97. The molecule has 4 rings (SSSR count). The van der Waals surface area contributed by atoms with Gasteiger partial charge in [-0.05, 0) is 54.5 Å². The molecule has 0 spiro atoms. The minimum Gasteiger partial charge on any atom is -0.489 e. The van der Waals surface area contributed by atoms with Crippen LogP contribution in [0.15, 0.2) is 46.9 Å². The van der Waals surface area contributed by atoms with E-state index in [1.807, 2.05) is 45.0 Å². The lowest BCUT2D eigenvalue weighted by atomic mass is 9.85. The third-order valence-electron chi connectivity index (χ3n) is 4.98. The molecule has 154 valence electrons. The van der Waals surface area contributed by atoms with E-state index in [1.54, 1.807) is 18.2 Å². The number of carbonyl (C=O) groups is 1. The number of anilines is 1. The van der Waals surface area contributed by atoms with E-state index in [2.05, 4.69) is 10.9 Å². The summed E-state index contributed by atoms with van der Waals surface area (Å²) in [4.78, 5) is 19.1. The number of para-hydroxylation sites is 2. The number of rotatable bonds is 5. The zero-order valence-corrected chi connectivity index (χ0v) is 17.9. The van der Waals surface area contributed by atoms with Crippen LogP contribution >= 0.6 is 11.6 Å². The number of hydrogen-bond acceptors (Lipinski definition) is 4. The predicted molar refractivity (Wildman–Crippen MR) is 118 cm³/mol. The van der Waals surface area contributed by atoms with Crippen molar-refractivity contribution in [3.05, 3.63) is 53.4 Å². The molecule has 0 aliphatic heterocycles. The van der Waals surface area contributed by atoms with Crippen molar-refractivity contribution in [2.45, 2.75) is 45.8 Å². The highest BCUT2D eigenvalue weighted by Gasteiger charge is 2.39. The molecule has 0 radical (unpaired) electrons. The maximum atomic E-state index is 12.9. The van der Waals surface area contributed by atoms with Gasteiger partial charge in [0.1, 0.15) is 17.3 Å². The molecule has 1 fully saturated rings. The van der Waals surface area contributed by atoms with Gasteiger partial charge in [-0.25, -0.2) is 4.98 Å². The van der Waals surface area contributed by atoms with Crippen LogP contribution in [0, 0.1) is 17.8 Å². The molecule has 30 heavy (non-hydrogen) atoms. The van der Waals surface area contributed by atoms with Crippen LogP contribution < -0.4 is 9.64 Å². The smallest absolute Gasteiger partial charge is 0.303 e. The molecule has 6 heteroatoms. The molecule has 0 N–H and O–H groups in total. The van der Waals surface area contributed by atoms with E-state index in [1.165, 1.54) is 4.90 Å². The van der Waals surface area contributed by atoms with Crippen LogP contribution in [0.3, 0.4) is 0 Å². The van der Waals surface area contributed by atoms with Gasteiger partial charge in [0, 0.05) is 5.69 Å². The average Bonchev–Trinajstić information content (AvgIpc) is 3.41. The number of aromatic nitrogens is 1. The number of terminal acetylenes is 1. The summed E-state index contributed by atoms with van der Waals surface area (Å²) < 4.78 is 11.9. The molecule has 0 saturated heterocycles. The van der Waals surface area contributed by atoms with Crippen LogP contribution in [-0.4, -0.2) is 17.0 Å². The van der Waals surface area contributed by atoms with Gasteiger partial charge in [0.2, 0.25) is 5.89 Å². The Morgan fingerprint density at radius 3 is 2.63 bits per heavy atom. The van der Waals surface area contributed by atoms with Crippen molar-refractivity contribution in [3.8, 4) is 18.1 Å². The number of nitrogens with zero attached hydrogens (tertiary/aromatic N) is 2. The van der Waals surface area contributed by atoms with Gasteiger partial charge in [0.15, 0.2) is 5.58 Å². The SMILES string of the molecule is C#CC(=O)N(c1ccc(OC2CC2)c(Cl)c1)C(c1nc2ccccc2o1)C(C)(C)C. The third-order valence-corrected chi connectivity index (χ3v) is 5.27. The van der Waals surface area contributed by atoms with Crippen LogP contribution in [0.1, 0.15) is 45.5 Å². The number of halogens is 1. The summed E-state index contributed by atoms with van der Waals surface area (Å²) in [5.41, 5.74) is 1.51. The van der Waals surface area contributed by atoms with Crippen molar-refractivity contribution in [1.82, 2.24) is 4.98 Å². The van der Waals surface area contributed by atoms with Crippen LogP contribution in [0.5, 0.6) is 5.75 Å². The Labute approximate surface area is 181 Å². The third kappa shape index (κ3) is 4.01. The molecule has 1 heterocycles. The summed E-state index contributed by atoms with van der Waals surface area (Å²) in [6.45, 7) is 6.03. The second-order valence-corrected chi connectivity index (χ2v) is 8.95. The summed E-state index contributed by atoms with van der Waals surface area (Å²) in [6, 6.07) is 12.2. The zero-order valence-electron chi connectivity index (χ0n) is 17.2. The molecule has 1 unspecified atom stereocenters. The van der Waals surface area contributed by atoms with E-state index >= 15 is 0 Å². The van der Waals surface area contributed by atoms with Crippen molar-refractivity contribution in [2.75, 3.05) is 4.90 Å². The molecular formula is C24H23ClN2O3. The first-order valence-corrected chi connectivity index (χ1v) is 10.3. The summed E-state index contributed by atoms with van der Waals surface area (Å²) in [6.07, 6.45) is 7.82. The van der Waals surface area contributed by atoms with E-state index in [4.69, 9.17) is 27.2 Å². The van der Waals surface area contributed by atoms with Crippen LogP contribution in [-0.2, 0) is 4.79 Å². The Kier molecular flexibility index (Phi) is 5.21. The standard InChI is InChI=1S/C24H23ClN2O3/c1-5-21(28)27(15-10-13-19(17(25)14-15)29-16-11-12-16)22(24(2,3)4)23-26-18-8-6-7-9-20(18)30-23/h1,6-10,13-14,16,22H,11-12H2,2-4H3. The summed E-state index contributed by atoms with van der Waals surface area (Å²) in [7, 11) is 0. The fraction of sp³-hybridized carbons (Fsp3) is 0.333. The molecule has 1 saturated carbocycles. The van der Waals surface area contributed by atoms with Crippen LogP contribution in [0.2, 0.25) is 5.02 Å². The van der Waals surface area contributed by atoms with Gasteiger partial charge in [-0.2, -0.15) is 0 Å². The summed E-state index contributed by atoms with van der Waals surface area (Å²) in [5, 5.41) is 0.430. The van der Waals surface area contributed by atoms with E-state index in [0.717, 1.165) is 18.4 Å². The number of benzene rings is 2. The van der Waals surface area contributed by atoms with Gasteiger partial charge in [-0.15, -0.1) is 6.42 Å². The van der Waals surface area contributed by atoms with E-state index in [0.29, 0.717) is 27.9 Å². The van der Waals surface area contributed by atoms with Crippen molar-refractivity contribution < 1.29 is 13.9 Å². The van der Waals surface area contributed by atoms with E-state index in [-0.39, 0.29) is 6.10 Å². The van der Waals surface area contributed by atoms with Crippen molar-refractivity contribution in [3.63, 3.8) is 0 Å². The molecule has 2 aromatic carbocycles. The highest BCUT2D eigenvalue weighted by molar-refractivity contribution is 6.32. The molecule has 1 aromatic heterocycles. The van der Waals surface area contributed by atoms with Crippen LogP contribution in [0.25, 0.3) is 11.1 Å². The summed E-state index contributed by atoms with van der Waals surface area (Å²) in [5.74, 6) is 2.76. The molecular weight excluding hydrogens is 400 g/mol. The lowest BCUT2D eigenvalue weighted by Gasteiger charge is -2.37. The van der Waals surface area contributed by atoms with Crippen molar-refractivity contribution >= 4 is 34.3 Å². The Balaban J connectivity index is 1.81. The number of hydrogen-bond donors (Lipinski definition) is 0. The molecule has 3 aromatic rings. The van der Waals surface area contributed by atoms with E-state index < -0.39 is 17.4 Å². The minimum absolute atomic E-state index is 0.221. The highest BCUT2D eigenvalue weighted by Crippen LogP contribution is 2.43. The Morgan fingerprint density at radius 2 is 2.03 bits per heavy atom. The number of amides is 1. The van der Waals surface area contributed by atoms with Crippen molar-refractivity contribution in [2.24, 2.45) is 5.41 Å². The van der Waals surface area contributed by atoms with E-state index in [9.17, 15) is 4.79 Å². The van der Waals surface area contributed by atoms with Gasteiger partial charge in [-0.1, -0.05) is 44.5 Å². The lowest BCUT2D eigenvalue weighted by Crippen LogP contribution is -2.41. The molecule has 0 bridgehead atoms. The van der Waals surface area contributed by atoms with Crippen LogP contribution in [0.4, 0.5) is 5.69 Å². The molecule has 1 aliphatic carbocycles. The van der Waals surface area contributed by atoms with Gasteiger partial charge in [-0.3, -0.25) is 9.69 Å². The fourth-order valence-electron chi connectivity index (χ4n) is 3.43. The van der Waals surface area contributed by atoms with Gasteiger partial charge < -0.3 is 9.15 Å². The lowest BCUT2D eigenvalue weighted by molar-refractivity contribution is -0.114. The van der Waals surface area contributed by atoms with Gasteiger partial charge >= 0.3 is 5.91 Å². The second-order valence-electron chi connectivity index (χ2n) is 8.54. The summed E-state index contributed by atoms with van der Waals surface area (Å²) >= 11 is 6.47. The Bertz CT molecular complexity index is 1100.